The molecule has 5 rings (SSSR count). The predicted molar refractivity (Wildman–Crippen MR) is 103 cm³/mol. The first-order chi connectivity index (χ1) is 13.1. The van der Waals surface area contributed by atoms with Crippen LogP contribution in [0.3, 0.4) is 0 Å². The van der Waals surface area contributed by atoms with Crippen molar-refractivity contribution >= 4 is 39.2 Å². The molecule has 9 heteroatoms. The number of halogens is 1. The zero-order valence-electron chi connectivity index (χ0n) is 13.7. The van der Waals surface area contributed by atoms with Gasteiger partial charge in [-0.2, -0.15) is 5.10 Å². The lowest BCUT2D eigenvalue weighted by Gasteiger charge is -2.11. The van der Waals surface area contributed by atoms with Crippen LogP contribution >= 0.6 is 11.5 Å². The second kappa shape index (κ2) is 5.71. The maximum Gasteiger partial charge on any atom is 0.272 e. The van der Waals surface area contributed by atoms with Crippen LogP contribution in [0.1, 0.15) is 0 Å². The number of hydrogen-bond donors (Lipinski definition) is 3. The third-order valence-corrected chi connectivity index (χ3v) is 5.24. The van der Waals surface area contributed by atoms with Crippen LogP contribution in [0.25, 0.3) is 43.5 Å². The maximum absolute atomic E-state index is 14.0. The van der Waals surface area contributed by atoms with E-state index in [9.17, 15) is 9.18 Å². The van der Waals surface area contributed by atoms with Crippen molar-refractivity contribution in [1.82, 2.24) is 24.5 Å². The highest BCUT2D eigenvalue weighted by atomic mass is 32.1. The summed E-state index contributed by atoms with van der Waals surface area (Å²) in [6.45, 7) is 0. The number of rotatable bonds is 2. The number of hydrogen-bond acceptors (Lipinski definition) is 6. The van der Waals surface area contributed by atoms with Crippen LogP contribution in [0.15, 0.2) is 47.7 Å². The van der Waals surface area contributed by atoms with Crippen molar-refractivity contribution in [3.05, 3.63) is 59.0 Å². The van der Waals surface area contributed by atoms with Gasteiger partial charge in [-0.1, -0.05) is 6.07 Å². The Kier molecular flexibility index (Phi) is 3.31. The standard InChI is InChI=1S/C18H11FN6OS/c19-11-2-1-9(10-7-22-25-16(10)11)14-15(20)18(26)24-12-5-8(6-21-17(12)14)13-3-4-23-27-13/h1-7H,20H2,(H,22,25)(H,24,26). The lowest BCUT2D eigenvalue weighted by atomic mass is 9.99. The molecule has 0 fully saturated rings. The number of fused-ring (bicyclic) bond motifs is 2. The third-order valence-electron chi connectivity index (χ3n) is 4.44. The molecule has 0 saturated heterocycles. The van der Waals surface area contributed by atoms with Gasteiger partial charge in [-0.15, -0.1) is 0 Å². The largest absolute Gasteiger partial charge is 0.394 e. The highest BCUT2D eigenvalue weighted by Gasteiger charge is 2.18. The number of nitrogen functional groups attached to an aromatic ring is 1. The van der Waals surface area contributed by atoms with Gasteiger partial charge in [0.2, 0.25) is 0 Å². The second-order valence-corrected chi connectivity index (χ2v) is 6.83. The molecule has 0 aliphatic heterocycles. The van der Waals surface area contributed by atoms with Gasteiger partial charge >= 0.3 is 0 Å². The first-order valence-corrected chi connectivity index (χ1v) is 8.75. The van der Waals surface area contributed by atoms with Gasteiger partial charge in [-0.05, 0) is 35.3 Å². The van der Waals surface area contributed by atoms with Gasteiger partial charge in [0.15, 0.2) is 0 Å². The van der Waals surface area contributed by atoms with Crippen LogP contribution in [0.5, 0.6) is 0 Å². The molecular weight excluding hydrogens is 367 g/mol. The van der Waals surface area contributed by atoms with Crippen molar-refractivity contribution in [2.45, 2.75) is 0 Å². The predicted octanol–water partition coefficient (Wildman–Crippen LogP) is 3.31. The SMILES string of the molecule is Nc1c(-c2ccc(F)c3[nH]ncc23)c2ncc(-c3ccns3)cc2[nH]c1=O. The van der Waals surface area contributed by atoms with Crippen molar-refractivity contribution in [3.63, 3.8) is 0 Å². The Labute approximate surface area is 154 Å². The van der Waals surface area contributed by atoms with Crippen LogP contribution in [-0.4, -0.2) is 24.5 Å². The smallest absolute Gasteiger partial charge is 0.272 e. The summed E-state index contributed by atoms with van der Waals surface area (Å²) in [6, 6.07) is 6.60. The average Bonchev–Trinajstić information content (AvgIpc) is 3.36. The summed E-state index contributed by atoms with van der Waals surface area (Å²) in [6.07, 6.45) is 4.91. The number of nitrogens with two attached hydrogens (primary N) is 1. The van der Waals surface area contributed by atoms with Gasteiger partial charge in [0, 0.05) is 28.9 Å². The molecule has 1 aromatic carbocycles. The monoisotopic (exact) mass is 378 g/mol. The van der Waals surface area contributed by atoms with E-state index in [1.807, 2.05) is 12.1 Å². The Bertz CT molecular complexity index is 1370. The fourth-order valence-corrected chi connectivity index (χ4v) is 3.76. The molecule has 4 heterocycles. The molecule has 0 saturated carbocycles. The van der Waals surface area contributed by atoms with Crippen molar-refractivity contribution in [1.29, 1.82) is 0 Å². The molecule has 4 N–H and O–H groups in total. The summed E-state index contributed by atoms with van der Waals surface area (Å²) in [5.41, 5.74) is 8.88. The van der Waals surface area contributed by atoms with E-state index in [0.29, 0.717) is 27.5 Å². The number of anilines is 1. The van der Waals surface area contributed by atoms with E-state index in [-0.39, 0.29) is 11.2 Å². The third kappa shape index (κ3) is 2.32. The number of H-pyrrole nitrogens is 2. The molecule has 4 aromatic heterocycles. The Morgan fingerprint density at radius 2 is 2.07 bits per heavy atom. The van der Waals surface area contributed by atoms with E-state index in [0.717, 1.165) is 10.4 Å². The van der Waals surface area contributed by atoms with E-state index in [1.165, 1.54) is 23.8 Å². The molecular formula is C18H11FN6OS. The van der Waals surface area contributed by atoms with Crippen LogP contribution in [0.2, 0.25) is 0 Å². The molecule has 27 heavy (non-hydrogen) atoms. The minimum atomic E-state index is -0.431. The first kappa shape index (κ1) is 15.6. The Hall–Kier alpha value is -3.59. The van der Waals surface area contributed by atoms with E-state index in [4.69, 9.17) is 5.73 Å². The van der Waals surface area contributed by atoms with Crippen LogP contribution in [-0.2, 0) is 0 Å². The molecule has 0 atom stereocenters. The van der Waals surface area contributed by atoms with Gasteiger partial charge in [0.25, 0.3) is 5.56 Å². The number of benzene rings is 1. The van der Waals surface area contributed by atoms with Crippen LogP contribution in [0.4, 0.5) is 10.1 Å². The number of aromatic amines is 2. The van der Waals surface area contributed by atoms with E-state index in [2.05, 4.69) is 24.5 Å². The summed E-state index contributed by atoms with van der Waals surface area (Å²) in [5, 5.41) is 7.07. The highest BCUT2D eigenvalue weighted by Crippen LogP contribution is 2.36. The van der Waals surface area contributed by atoms with Crippen LogP contribution in [0, 0.1) is 5.82 Å². The van der Waals surface area contributed by atoms with Gasteiger partial charge < -0.3 is 10.7 Å². The molecule has 0 spiro atoms. The Morgan fingerprint density at radius 3 is 2.89 bits per heavy atom. The number of aromatic nitrogens is 5. The molecule has 5 aromatic rings. The highest BCUT2D eigenvalue weighted by molar-refractivity contribution is 7.09. The fourth-order valence-electron chi connectivity index (χ4n) is 3.18. The zero-order valence-corrected chi connectivity index (χ0v) is 14.5. The van der Waals surface area contributed by atoms with Crippen molar-refractivity contribution in [2.75, 3.05) is 5.73 Å². The van der Waals surface area contributed by atoms with Gasteiger partial charge in [0.1, 0.15) is 17.0 Å². The second-order valence-electron chi connectivity index (χ2n) is 5.99. The van der Waals surface area contributed by atoms with Crippen molar-refractivity contribution < 1.29 is 4.39 Å². The number of nitrogens with zero attached hydrogens (tertiary/aromatic N) is 3. The molecule has 0 aliphatic rings. The number of nitrogens with one attached hydrogen (secondary N) is 2. The molecule has 0 aliphatic carbocycles. The number of pyridine rings is 2. The van der Waals surface area contributed by atoms with Crippen molar-refractivity contribution in [3.8, 4) is 21.6 Å². The van der Waals surface area contributed by atoms with Crippen molar-refractivity contribution in [2.24, 2.45) is 0 Å². The van der Waals surface area contributed by atoms with E-state index in [1.54, 1.807) is 18.5 Å². The molecule has 0 unspecified atom stereocenters. The summed E-state index contributed by atoms with van der Waals surface area (Å²) >= 11 is 1.34. The molecule has 0 radical (unpaired) electrons. The Balaban J connectivity index is 1.86. The normalized spacial score (nSPS) is 11.4. The van der Waals surface area contributed by atoms with Gasteiger partial charge in [-0.3, -0.25) is 14.9 Å². The summed E-state index contributed by atoms with van der Waals surface area (Å²) in [5.74, 6) is -0.431. The van der Waals surface area contributed by atoms with Gasteiger partial charge in [-0.25, -0.2) is 8.76 Å². The maximum atomic E-state index is 14.0. The lowest BCUT2D eigenvalue weighted by molar-refractivity contribution is 0.636. The first-order valence-electron chi connectivity index (χ1n) is 7.98. The summed E-state index contributed by atoms with van der Waals surface area (Å²) in [4.78, 5) is 20.7. The topological polar surface area (TPSA) is 113 Å². The lowest BCUT2D eigenvalue weighted by Crippen LogP contribution is -2.14. The minimum Gasteiger partial charge on any atom is -0.394 e. The zero-order chi connectivity index (χ0) is 18.5. The minimum absolute atomic E-state index is 0.0228. The summed E-state index contributed by atoms with van der Waals surface area (Å²) in [7, 11) is 0. The van der Waals surface area contributed by atoms with Crippen LogP contribution < -0.4 is 11.3 Å². The quantitative estimate of drug-likeness (QED) is 0.436. The van der Waals surface area contributed by atoms with Gasteiger partial charge in [0.05, 0.1) is 22.1 Å². The molecule has 7 nitrogen and oxygen atoms in total. The average molecular weight is 378 g/mol. The molecule has 0 bridgehead atoms. The molecule has 132 valence electrons. The Morgan fingerprint density at radius 1 is 1.19 bits per heavy atom. The van der Waals surface area contributed by atoms with E-state index < -0.39 is 11.4 Å². The summed E-state index contributed by atoms with van der Waals surface area (Å²) < 4.78 is 18.1. The van der Waals surface area contributed by atoms with E-state index >= 15 is 0 Å². The fraction of sp³-hybridized carbons (Fsp3) is 0. The molecule has 0 amide bonds.